The van der Waals surface area contributed by atoms with E-state index in [1.165, 1.54) is 18.3 Å². The van der Waals surface area contributed by atoms with Crippen LogP contribution in [0.25, 0.3) is 0 Å². The first kappa shape index (κ1) is 15.4. The Morgan fingerprint density at radius 1 is 1.26 bits per heavy atom. The molecule has 1 aliphatic carbocycles. The number of carbonyl (C=O) groups is 1. The molecule has 0 spiro atoms. The van der Waals surface area contributed by atoms with Crippen molar-refractivity contribution in [2.24, 2.45) is 5.92 Å². The summed E-state index contributed by atoms with van der Waals surface area (Å²) >= 11 is 0. The highest BCUT2D eigenvalue weighted by Gasteiger charge is 2.35. The van der Waals surface area contributed by atoms with Crippen LogP contribution in [0.2, 0.25) is 0 Å². The number of nitrogens with one attached hydrogen (secondary N) is 1. The van der Waals surface area contributed by atoms with Crippen molar-refractivity contribution in [1.29, 1.82) is 0 Å². The second kappa shape index (κ2) is 6.75. The molecular weight excluding hydrogens is 294 g/mol. The summed E-state index contributed by atoms with van der Waals surface area (Å²) in [4.78, 5) is 20.3. The fraction of sp³-hybridized carbons (Fsp3) is 0.353. The van der Waals surface area contributed by atoms with Gasteiger partial charge in [0.05, 0.1) is 12.3 Å². The lowest BCUT2D eigenvalue weighted by Gasteiger charge is -2.38. The Bertz CT molecular complexity index is 655. The van der Waals surface area contributed by atoms with Gasteiger partial charge in [0.1, 0.15) is 11.4 Å². The van der Waals surface area contributed by atoms with Gasteiger partial charge in [0.25, 0.3) is 5.91 Å². The van der Waals surface area contributed by atoms with Gasteiger partial charge in [-0.1, -0.05) is 0 Å². The quantitative estimate of drug-likeness (QED) is 0.773. The summed E-state index contributed by atoms with van der Waals surface area (Å²) in [5.41, 5.74) is 1.35. The summed E-state index contributed by atoms with van der Waals surface area (Å²) in [5, 5.41) is 21.8. The van der Waals surface area contributed by atoms with Crippen LogP contribution in [0.15, 0.2) is 42.9 Å². The first-order valence-electron chi connectivity index (χ1n) is 7.64. The maximum absolute atomic E-state index is 12.4. The molecule has 6 heteroatoms. The van der Waals surface area contributed by atoms with E-state index in [9.17, 15) is 15.0 Å². The molecule has 120 valence electrons. The maximum atomic E-state index is 12.4. The highest BCUT2D eigenvalue weighted by atomic mass is 16.3. The van der Waals surface area contributed by atoms with E-state index >= 15 is 0 Å². The van der Waals surface area contributed by atoms with Crippen molar-refractivity contribution >= 4 is 5.91 Å². The summed E-state index contributed by atoms with van der Waals surface area (Å²) in [6.07, 6.45) is 6.50. The van der Waals surface area contributed by atoms with Crippen molar-refractivity contribution < 1.29 is 15.0 Å². The molecule has 1 fully saturated rings. The second-order valence-corrected chi connectivity index (χ2v) is 5.93. The first-order chi connectivity index (χ1) is 11.1. The lowest BCUT2D eigenvalue weighted by Crippen LogP contribution is -2.48. The van der Waals surface area contributed by atoms with Crippen LogP contribution in [-0.2, 0) is 6.42 Å². The lowest BCUT2D eigenvalue weighted by atomic mass is 9.75. The Morgan fingerprint density at radius 2 is 2.00 bits per heavy atom. The normalized spacial score (nSPS) is 21.3. The van der Waals surface area contributed by atoms with E-state index in [0.717, 1.165) is 5.56 Å². The van der Waals surface area contributed by atoms with Crippen molar-refractivity contribution in [2.75, 3.05) is 0 Å². The number of pyridine rings is 2. The average molecular weight is 313 g/mol. The third kappa shape index (κ3) is 3.84. The van der Waals surface area contributed by atoms with E-state index in [1.54, 1.807) is 12.4 Å². The molecule has 0 saturated heterocycles. The van der Waals surface area contributed by atoms with E-state index in [4.69, 9.17) is 0 Å². The van der Waals surface area contributed by atoms with Crippen LogP contribution >= 0.6 is 0 Å². The molecule has 0 radical (unpaired) electrons. The number of carbonyl (C=O) groups excluding carboxylic acids is 1. The minimum Gasteiger partial charge on any atom is -0.506 e. The van der Waals surface area contributed by atoms with Crippen LogP contribution in [-0.4, -0.2) is 38.2 Å². The van der Waals surface area contributed by atoms with Gasteiger partial charge in [-0.2, -0.15) is 0 Å². The van der Waals surface area contributed by atoms with Gasteiger partial charge in [-0.05, 0) is 55.0 Å². The predicted octanol–water partition coefficient (Wildman–Crippen LogP) is 1.29. The Hall–Kier alpha value is -2.47. The van der Waals surface area contributed by atoms with Crippen LogP contribution in [0.1, 0.15) is 28.9 Å². The van der Waals surface area contributed by atoms with Crippen molar-refractivity contribution in [3.63, 3.8) is 0 Å². The molecule has 0 aromatic carbocycles. The summed E-state index contributed by atoms with van der Waals surface area (Å²) in [5.74, 6) is 0.00155. The lowest BCUT2D eigenvalue weighted by molar-refractivity contribution is 0.0238. The summed E-state index contributed by atoms with van der Waals surface area (Å²) in [7, 11) is 0. The maximum Gasteiger partial charge on any atom is 0.270 e. The molecule has 1 atom stereocenters. The van der Waals surface area contributed by atoms with Gasteiger partial charge in [-0.15, -0.1) is 0 Å². The van der Waals surface area contributed by atoms with E-state index in [1.807, 2.05) is 12.1 Å². The first-order valence-corrected chi connectivity index (χ1v) is 7.64. The number of rotatable bonds is 5. The molecule has 0 aliphatic heterocycles. The molecule has 1 amide bonds. The molecule has 2 aromatic rings. The number of hydrogen-bond donors (Lipinski definition) is 3. The summed E-state index contributed by atoms with van der Waals surface area (Å²) in [6.45, 7) is 0. The number of aliphatic hydroxyl groups excluding tert-OH is 1. The largest absolute Gasteiger partial charge is 0.506 e. The van der Waals surface area contributed by atoms with Crippen molar-refractivity contribution in [3.8, 4) is 5.75 Å². The highest BCUT2D eigenvalue weighted by molar-refractivity contribution is 5.92. The predicted molar refractivity (Wildman–Crippen MR) is 83.8 cm³/mol. The number of nitrogens with zero attached hydrogens (tertiary/aromatic N) is 2. The minimum absolute atomic E-state index is 0.0250. The Labute approximate surface area is 134 Å². The summed E-state index contributed by atoms with van der Waals surface area (Å²) < 4.78 is 0. The second-order valence-electron chi connectivity index (χ2n) is 5.93. The number of aromatic nitrogens is 2. The molecule has 0 unspecified atom stereocenters. The molecule has 1 saturated carbocycles. The van der Waals surface area contributed by atoms with Crippen LogP contribution < -0.4 is 5.32 Å². The number of hydrogen-bond acceptors (Lipinski definition) is 5. The molecule has 3 N–H and O–H groups in total. The van der Waals surface area contributed by atoms with E-state index in [2.05, 4.69) is 15.3 Å². The molecule has 2 aromatic heterocycles. The topological polar surface area (TPSA) is 95.3 Å². The minimum atomic E-state index is -0.274. The molecule has 2 heterocycles. The van der Waals surface area contributed by atoms with Crippen LogP contribution in [0, 0.1) is 5.92 Å². The summed E-state index contributed by atoms with van der Waals surface area (Å²) in [6, 6.07) is 6.71. The zero-order valence-electron chi connectivity index (χ0n) is 12.6. The molecule has 6 nitrogen and oxygen atoms in total. The van der Waals surface area contributed by atoms with Gasteiger partial charge < -0.3 is 15.5 Å². The fourth-order valence-electron chi connectivity index (χ4n) is 2.83. The zero-order valence-corrected chi connectivity index (χ0v) is 12.6. The van der Waals surface area contributed by atoms with Crippen LogP contribution in [0.5, 0.6) is 5.75 Å². The highest BCUT2D eigenvalue weighted by Crippen LogP contribution is 2.31. The Balaban J connectivity index is 1.70. The fourth-order valence-corrected chi connectivity index (χ4v) is 2.83. The van der Waals surface area contributed by atoms with Gasteiger partial charge in [-0.25, -0.2) is 4.98 Å². The molecule has 3 rings (SSSR count). The third-order valence-electron chi connectivity index (χ3n) is 4.22. The Morgan fingerprint density at radius 3 is 2.61 bits per heavy atom. The molecule has 23 heavy (non-hydrogen) atoms. The van der Waals surface area contributed by atoms with Gasteiger partial charge in [0, 0.05) is 18.4 Å². The molecular formula is C17H19N3O3. The molecule has 0 bridgehead atoms. The number of aliphatic hydroxyl groups is 1. The van der Waals surface area contributed by atoms with E-state index < -0.39 is 0 Å². The van der Waals surface area contributed by atoms with Crippen LogP contribution in [0.3, 0.4) is 0 Å². The molecule has 1 aliphatic rings. The van der Waals surface area contributed by atoms with Crippen molar-refractivity contribution in [1.82, 2.24) is 15.3 Å². The SMILES string of the molecule is O=C(N[C@@H](Cc1ccncc1)C1CC(O)C1)c1ccc(O)cn1. The van der Waals surface area contributed by atoms with Gasteiger partial charge in [0.2, 0.25) is 0 Å². The number of aromatic hydroxyl groups is 1. The van der Waals surface area contributed by atoms with E-state index in [-0.39, 0.29) is 35.4 Å². The third-order valence-corrected chi connectivity index (χ3v) is 4.22. The van der Waals surface area contributed by atoms with Gasteiger partial charge in [0.15, 0.2) is 0 Å². The van der Waals surface area contributed by atoms with Crippen molar-refractivity contribution in [2.45, 2.75) is 31.4 Å². The van der Waals surface area contributed by atoms with Gasteiger partial charge in [-0.3, -0.25) is 9.78 Å². The van der Waals surface area contributed by atoms with E-state index in [0.29, 0.717) is 19.3 Å². The zero-order chi connectivity index (χ0) is 16.2. The van der Waals surface area contributed by atoms with Crippen LogP contribution in [0.4, 0.5) is 0 Å². The Kier molecular flexibility index (Phi) is 4.52. The standard InChI is InChI=1S/C17H19N3O3/c21-13-1-2-15(19-10-13)17(23)20-16(12-8-14(22)9-12)7-11-3-5-18-6-4-11/h1-6,10,12,14,16,21-22H,7-9H2,(H,20,23)/t12?,14?,16-/m0/s1. The van der Waals surface area contributed by atoms with Gasteiger partial charge >= 0.3 is 0 Å². The number of amides is 1. The average Bonchev–Trinajstić information content (AvgIpc) is 2.53. The smallest absolute Gasteiger partial charge is 0.270 e. The van der Waals surface area contributed by atoms with Crippen molar-refractivity contribution in [3.05, 3.63) is 54.1 Å². The monoisotopic (exact) mass is 313 g/mol.